The number of hydrogen-bond acceptors (Lipinski definition) is 3. The van der Waals surface area contributed by atoms with E-state index in [2.05, 4.69) is 23.0 Å². The molecule has 1 heterocycles. The van der Waals surface area contributed by atoms with Gasteiger partial charge in [0, 0.05) is 5.02 Å². The van der Waals surface area contributed by atoms with Gasteiger partial charge < -0.3 is 9.30 Å². The van der Waals surface area contributed by atoms with Gasteiger partial charge in [-0.2, -0.15) is 4.99 Å². The Morgan fingerprint density at radius 2 is 2.04 bits per heavy atom. The van der Waals surface area contributed by atoms with Gasteiger partial charge in [0.15, 0.2) is 11.4 Å². The third-order valence-electron chi connectivity index (χ3n) is 3.76. The molecule has 0 fully saturated rings. The maximum atomic E-state index is 12.3. The minimum Gasteiger partial charge on any atom is -0.484 e. The number of benzene rings is 2. The molecule has 0 saturated carbocycles. The number of carbonyl (C=O) groups is 1. The Hall–Kier alpha value is -2.55. The number of fused-ring (bicyclic) bond motifs is 1. The Labute approximate surface area is 160 Å². The van der Waals surface area contributed by atoms with Gasteiger partial charge in [-0.25, -0.2) is 0 Å². The van der Waals surface area contributed by atoms with Crippen LogP contribution in [0.5, 0.6) is 5.75 Å². The second-order valence-electron chi connectivity index (χ2n) is 5.85. The first kappa shape index (κ1) is 18.2. The quantitative estimate of drug-likeness (QED) is 0.635. The lowest BCUT2D eigenvalue weighted by Gasteiger charge is -2.05. The smallest absolute Gasteiger partial charge is 0.286 e. The largest absolute Gasteiger partial charge is 0.484 e. The zero-order valence-electron chi connectivity index (χ0n) is 14.5. The molecule has 26 heavy (non-hydrogen) atoms. The number of terminal acetylenes is 1. The fourth-order valence-electron chi connectivity index (χ4n) is 2.73. The lowest BCUT2D eigenvalue weighted by Crippen LogP contribution is -2.19. The van der Waals surface area contributed by atoms with E-state index in [4.69, 9.17) is 22.8 Å². The van der Waals surface area contributed by atoms with Gasteiger partial charge in [0.25, 0.3) is 5.91 Å². The molecule has 0 spiro atoms. The van der Waals surface area contributed by atoms with Crippen LogP contribution in [0.1, 0.15) is 11.1 Å². The molecule has 0 N–H and O–H groups in total. The molecule has 6 heteroatoms. The number of aryl methyl sites for hydroxylation is 2. The first-order valence-corrected chi connectivity index (χ1v) is 9.17. The predicted octanol–water partition coefficient (Wildman–Crippen LogP) is 4.11. The summed E-state index contributed by atoms with van der Waals surface area (Å²) >= 11 is 7.28. The predicted molar refractivity (Wildman–Crippen MR) is 106 cm³/mol. The van der Waals surface area contributed by atoms with Gasteiger partial charge in [-0.05, 0) is 55.3 Å². The average molecular weight is 385 g/mol. The molecule has 0 aliphatic heterocycles. The number of hydrogen-bond donors (Lipinski definition) is 0. The van der Waals surface area contributed by atoms with E-state index in [9.17, 15) is 4.79 Å². The first-order chi connectivity index (χ1) is 12.5. The summed E-state index contributed by atoms with van der Waals surface area (Å²) in [7, 11) is 0. The highest BCUT2D eigenvalue weighted by Crippen LogP contribution is 2.23. The number of carbonyl (C=O) groups excluding carboxylic acids is 1. The van der Waals surface area contributed by atoms with E-state index >= 15 is 0 Å². The summed E-state index contributed by atoms with van der Waals surface area (Å²) in [5.74, 6) is 2.83. The maximum Gasteiger partial charge on any atom is 0.286 e. The summed E-state index contributed by atoms with van der Waals surface area (Å²) in [6.07, 6.45) is 5.51. The Morgan fingerprint density at radius 1 is 1.31 bits per heavy atom. The first-order valence-electron chi connectivity index (χ1n) is 7.98. The van der Waals surface area contributed by atoms with Crippen molar-refractivity contribution < 1.29 is 9.53 Å². The zero-order valence-corrected chi connectivity index (χ0v) is 16.0. The minimum absolute atomic E-state index is 0.149. The van der Waals surface area contributed by atoms with Crippen LogP contribution in [-0.4, -0.2) is 17.1 Å². The molecule has 0 radical (unpaired) electrons. The van der Waals surface area contributed by atoms with E-state index in [1.54, 1.807) is 24.3 Å². The molecule has 0 saturated heterocycles. The van der Waals surface area contributed by atoms with E-state index in [-0.39, 0.29) is 12.5 Å². The van der Waals surface area contributed by atoms with E-state index in [0.29, 0.717) is 22.1 Å². The van der Waals surface area contributed by atoms with Crippen molar-refractivity contribution in [1.29, 1.82) is 0 Å². The van der Waals surface area contributed by atoms with Crippen molar-refractivity contribution in [3.8, 4) is 18.1 Å². The summed E-state index contributed by atoms with van der Waals surface area (Å²) in [5.41, 5.74) is 3.29. The lowest BCUT2D eigenvalue weighted by molar-refractivity contribution is -0.120. The molecule has 4 nitrogen and oxygen atoms in total. The number of amides is 1. The molecule has 1 amide bonds. The van der Waals surface area contributed by atoms with Gasteiger partial charge in [-0.3, -0.25) is 4.79 Å². The van der Waals surface area contributed by atoms with Crippen LogP contribution in [0.2, 0.25) is 5.02 Å². The van der Waals surface area contributed by atoms with Crippen LogP contribution >= 0.6 is 22.9 Å². The number of rotatable bonds is 4. The SMILES string of the molecule is C#CCn1c(=NC(=O)COc2ccc(Cl)cc2)sc2cc(C)cc(C)c21. The zero-order chi connectivity index (χ0) is 18.7. The summed E-state index contributed by atoms with van der Waals surface area (Å²) in [6, 6.07) is 11.0. The molecule has 0 bridgehead atoms. The topological polar surface area (TPSA) is 43.6 Å². The molecule has 0 atom stereocenters. The van der Waals surface area contributed by atoms with E-state index in [1.807, 2.05) is 18.4 Å². The molecular formula is C20H17ClN2O2S. The van der Waals surface area contributed by atoms with E-state index in [1.165, 1.54) is 11.3 Å². The Balaban J connectivity index is 1.91. The van der Waals surface area contributed by atoms with Crippen molar-refractivity contribution in [2.24, 2.45) is 4.99 Å². The number of ether oxygens (including phenoxy) is 1. The standard InChI is InChI=1S/C20H17ClN2O2S/c1-4-9-23-19-14(3)10-13(2)11-17(19)26-20(23)22-18(24)12-25-16-7-5-15(21)6-8-16/h1,5-8,10-11H,9,12H2,2-3H3. The van der Waals surface area contributed by atoms with Gasteiger partial charge in [-0.15, -0.1) is 6.42 Å². The molecule has 3 aromatic rings. The summed E-state index contributed by atoms with van der Waals surface area (Å²) in [6.45, 7) is 4.28. The molecular weight excluding hydrogens is 368 g/mol. The summed E-state index contributed by atoms with van der Waals surface area (Å²) in [5, 5.41) is 0.611. The van der Waals surface area contributed by atoms with Crippen molar-refractivity contribution in [2.75, 3.05) is 6.61 Å². The van der Waals surface area contributed by atoms with Gasteiger partial charge in [0.2, 0.25) is 0 Å². The lowest BCUT2D eigenvalue weighted by atomic mass is 10.1. The van der Waals surface area contributed by atoms with Gasteiger partial charge in [0.05, 0.1) is 16.8 Å². The van der Waals surface area contributed by atoms with Crippen LogP contribution < -0.4 is 9.54 Å². The molecule has 0 unspecified atom stereocenters. The van der Waals surface area contributed by atoms with Crippen LogP contribution in [0.25, 0.3) is 10.2 Å². The average Bonchev–Trinajstić information content (AvgIpc) is 2.92. The van der Waals surface area contributed by atoms with Crippen LogP contribution in [0.15, 0.2) is 41.4 Å². The van der Waals surface area contributed by atoms with Crippen molar-refractivity contribution >= 4 is 39.1 Å². The van der Waals surface area contributed by atoms with Crippen molar-refractivity contribution in [3.05, 3.63) is 57.3 Å². The third kappa shape index (κ3) is 3.98. The van der Waals surface area contributed by atoms with Crippen LogP contribution in [0.3, 0.4) is 0 Å². The fraction of sp³-hybridized carbons (Fsp3) is 0.200. The summed E-state index contributed by atoms with van der Waals surface area (Å²) < 4.78 is 8.42. The molecule has 2 aromatic carbocycles. The van der Waals surface area contributed by atoms with Crippen LogP contribution in [-0.2, 0) is 11.3 Å². The van der Waals surface area contributed by atoms with Gasteiger partial charge in [0.1, 0.15) is 5.75 Å². The maximum absolute atomic E-state index is 12.3. The third-order valence-corrected chi connectivity index (χ3v) is 5.03. The van der Waals surface area contributed by atoms with Crippen LogP contribution in [0, 0.1) is 26.2 Å². The number of aromatic nitrogens is 1. The summed E-state index contributed by atoms with van der Waals surface area (Å²) in [4.78, 5) is 17.1. The molecule has 0 aliphatic carbocycles. The highest BCUT2D eigenvalue weighted by Gasteiger charge is 2.10. The number of halogens is 1. The number of nitrogens with zero attached hydrogens (tertiary/aromatic N) is 2. The van der Waals surface area contributed by atoms with Crippen molar-refractivity contribution in [2.45, 2.75) is 20.4 Å². The van der Waals surface area contributed by atoms with E-state index < -0.39 is 0 Å². The molecule has 3 rings (SSSR count). The second-order valence-corrected chi connectivity index (χ2v) is 7.30. The highest BCUT2D eigenvalue weighted by atomic mass is 35.5. The number of thiazole rings is 1. The minimum atomic E-state index is -0.369. The fourth-order valence-corrected chi connectivity index (χ4v) is 4.08. The van der Waals surface area contributed by atoms with Gasteiger partial charge in [-0.1, -0.05) is 34.9 Å². The van der Waals surface area contributed by atoms with Gasteiger partial charge >= 0.3 is 0 Å². The second kappa shape index (κ2) is 7.77. The highest BCUT2D eigenvalue weighted by molar-refractivity contribution is 7.16. The Kier molecular flexibility index (Phi) is 5.46. The monoisotopic (exact) mass is 384 g/mol. The Morgan fingerprint density at radius 3 is 2.73 bits per heavy atom. The molecule has 0 aliphatic rings. The van der Waals surface area contributed by atoms with Crippen molar-refractivity contribution in [3.63, 3.8) is 0 Å². The molecule has 132 valence electrons. The van der Waals surface area contributed by atoms with Crippen LogP contribution in [0.4, 0.5) is 0 Å². The normalized spacial score (nSPS) is 11.5. The van der Waals surface area contributed by atoms with Crippen molar-refractivity contribution in [1.82, 2.24) is 4.57 Å². The van der Waals surface area contributed by atoms with E-state index in [0.717, 1.165) is 21.3 Å². The molecule has 1 aromatic heterocycles. The Bertz CT molecular complexity index is 1070.